The third-order valence-electron chi connectivity index (χ3n) is 4.80. The average Bonchev–Trinajstić information content (AvgIpc) is 3.16. The lowest BCUT2D eigenvalue weighted by Gasteiger charge is -2.16. The lowest BCUT2D eigenvalue weighted by Crippen LogP contribution is -2.09. The summed E-state index contributed by atoms with van der Waals surface area (Å²) >= 11 is 0. The normalized spacial score (nSPS) is 11.8. The molecule has 0 atom stereocenters. The monoisotopic (exact) mass is 386 g/mol. The Morgan fingerprint density at radius 1 is 1.07 bits per heavy atom. The molecule has 1 aromatic carbocycles. The summed E-state index contributed by atoms with van der Waals surface area (Å²) < 4.78 is 1.85. The number of aromatic nitrogens is 4. The van der Waals surface area contributed by atoms with E-state index in [1.807, 2.05) is 68.3 Å². The molecule has 146 valence electrons. The fourth-order valence-corrected chi connectivity index (χ4v) is 3.30. The molecule has 0 saturated heterocycles. The van der Waals surface area contributed by atoms with Gasteiger partial charge in [-0.05, 0) is 50.2 Å². The number of hydrogen-bond donors (Lipinski definition) is 1. The second-order valence-electron chi connectivity index (χ2n) is 7.11. The van der Waals surface area contributed by atoms with E-state index in [0.29, 0.717) is 11.4 Å². The Bertz CT molecular complexity index is 1230. The molecule has 0 aliphatic heterocycles. The van der Waals surface area contributed by atoms with Crippen molar-refractivity contribution in [3.63, 3.8) is 0 Å². The van der Waals surface area contributed by atoms with E-state index < -0.39 is 0 Å². The molecule has 3 aromatic heterocycles. The van der Waals surface area contributed by atoms with Crippen molar-refractivity contribution >= 4 is 22.3 Å². The highest BCUT2D eigenvalue weighted by molar-refractivity contribution is 5.98. The summed E-state index contributed by atoms with van der Waals surface area (Å²) in [5.74, 6) is 0.770. The molecule has 0 spiro atoms. The van der Waals surface area contributed by atoms with Gasteiger partial charge in [-0.15, -0.1) is 0 Å². The number of anilines is 1. The highest BCUT2D eigenvalue weighted by atomic mass is 16.4. The molecule has 0 saturated carbocycles. The first-order chi connectivity index (χ1) is 14.0. The first kappa shape index (κ1) is 18.6. The van der Waals surface area contributed by atoms with E-state index in [0.717, 1.165) is 39.4 Å². The zero-order valence-electron chi connectivity index (χ0n) is 16.8. The Morgan fingerprint density at radius 2 is 1.86 bits per heavy atom. The van der Waals surface area contributed by atoms with Gasteiger partial charge in [0.1, 0.15) is 5.71 Å². The Labute approximate surface area is 169 Å². The summed E-state index contributed by atoms with van der Waals surface area (Å²) in [6.45, 7) is 3.69. The Kier molecular flexibility index (Phi) is 4.72. The van der Waals surface area contributed by atoms with Crippen LogP contribution in [0.5, 0.6) is 0 Å². The third kappa shape index (κ3) is 3.42. The van der Waals surface area contributed by atoms with Crippen LogP contribution in [-0.2, 0) is 0 Å². The van der Waals surface area contributed by atoms with Crippen LogP contribution in [0.2, 0.25) is 0 Å². The second-order valence-corrected chi connectivity index (χ2v) is 7.11. The van der Waals surface area contributed by atoms with Crippen molar-refractivity contribution < 1.29 is 5.21 Å². The number of pyridine rings is 2. The van der Waals surface area contributed by atoms with E-state index in [1.54, 1.807) is 6.92 Å². The van der Waals surface area contributed by atoms with E-state index in [2.05, 4.69) is 37.3 Å². The molecule has 0 aliphatic carbocycles. The number of fused-ring (bicyclic) bond motifs is 1. The van der Waals surface area contributed by atoms with Gasteiger partial charge in [-0.3, -0.25) is 0 Å². The van der Waals surface area contributed by atoms with Crippen LogP contribution in [0.25, 0.3) is 28.0 Å². The fourth-order valence-electron chi connectivity index (χ4n) is 3.30. The number of oxime groups is 1. The average molecular weight is 386 g/mol. The van der Waals surface area contributed by atoms with Crippen molar-refractivity contribution in [2.75, 3.05) is 19.0 Å². The summed E-state index contributed by atoms with van der Waals surface area (Å²) in [5, 5.41) is 18.0. The highest BCUT2D eigenvalue weighted by Gasteiger charge is 2.15. The zero-order valence-corrected chi connectivity index (χ0v) is 16.8. The second kappa shape index (κ2) is 7.35. The third-order valence-corrected chi connectivity index (χ3v) is 4.80. The number of nitrogens with zero attached hydrogens (tertiary/aromatic N) is 6. The van der Waals surface area contributed by atoms with E-state index in [4.69, 9.17) is 5.21 Å². The number of benzene rings is 1. The zero-order chi connectivity index (χ0) is 20.5. The van der Waals surface area contributed by atoms with Crippen LogP contribution in [0.15, 0.2) is 59.9 Å². The van der Waals surface area contributed by atoms with Gasteiger partial charge < -0.3 is 10.1 Å². The topological polar surface area (TPSA) is 79.4 Å². The van der Waals surface area contributed by atoms with Gasteiger partial charge in [-0.25, -0.2) is 14.6 Å². The van der Waals surface area contributed by atoms with Crippen molar-refractivity contribution in [3.8, 4) is 17.1 Å². The maximum absolute atomic E-state index is 9.09. The van der Waals surface area contributed by atoms with Gasteiger partial charge in [-0.1, -0.05) is 17.3 Å². The molecule has 3 heterocycles. The predicted molar refractivity (Wildman–Crippen MR) is 115 cm³/mol. The molecule has 7 heteroatoms. The standard InChI is InChI=1S/C22H22N6O/c1-14-7-5-10-22(24-14)28-21-12-16(11-20(27(3)4)17(21)13-23-28)19-9-6-8-18(25-19)15(2)26-29/h5-13,29H,1-4H3/b26-15-. The summed E-state index contributed by atoms with van der Waals surface area (Å²) in [6, 6.07) is 15.7. The van der Waals surface area contributed by atoms with Crippen LogP contribution in [0, 0.1) is 6.92 Å². The molecule has 0 amide bonds. The lowest BCUT2D eigenvalue weighted by atomic mass is 10.1. The Balaban J connectivity index is 1.95. The first-order valence-corrected chi connectivity index (χ1v) is 9.27. The summed E-state index contributed by atoms with van der Waals surface area (Å²) in [5.41, 5.74) is 5.76. The van der Waals surface area contributed by atoms with Gasteiger partial charge >= 0.3 is 0 Å². The van der Waals surface area contributed by atoms with Gasteiger partial charge in [0.15, 0.2) is 5.82 Å². The SMILES string of the molecule is C/C(=N/O)c1cccc(-c2cc(N(C)C)c3cnn(-c4cccc(C)n4)c3c2)n1. The van der Waals surface area contributed by atoms with Crippen LogP contribution in [0.1, 0.15) is 18.3 Å². The summed E-state index contributed by atoms with van der Waals surface area (Å²) in [4.78, 5) is 11.3. The molecule has 4 aromatic rings. The quantitative estimate of drug-likeness (QED) is 0.325. The van der Waals surface area contributed by atoms with Crippen LogP contribution in [-0.4, -0.2) is 44.8 Å². The molecule has 29 heavy (non-hydrogen) atoms. The number of aryl methyl sites for hydroxylation is 1. The first-order valence-electron chi connectivity index (χ1n) is 9.27. The van der Waals surface area contributed by atoms with Gasteiger partial charge in [0.25, 0.3) is 0 Å². The molecular formula is C22H22N6O. The molecule has 1 N–H and O–H groups in total. The van der Waals surface area contributed by atoms with Crippen LogP contribution in [0.3, 0.4) is 0 Å². The Morgan fingerprint density at radius 3 is 2.59 bits per heavy atom. The molecule has 0 fully saturated rings. The molecule has 7 nitrogen and oxygen atoms in total. The number of rotatable bonds is 4. The van der Waals surface area contributed by atoms with Crippen LogP contribution < -0.4 is 4.90 Å². The lowest BCUT2D eigenvalue weighted by molar-refractivity contribution is 0.319. The number of hydrogen-bond acceptors (Lipinski definition) is 6. The van der Waals surface area contributed by atoms with Gasteiger partial charge in [0.2, 0.25) is 0 Å². The molecule has 0 aliphatic rings. The van der Waals surface area contributed by atoms with Crippen molar-refractivity contribution in [3.05, 3.63) is 66.1 Å². The van der Waals surface area contributed by atoms with Crippen LogP contribution in [0.4, 0.5) is 5.69 Å². The largest absolute Gasteiger partial charge is 0.411 e. The molecule has 0 bridgehead atoms. The van der Waals surface area contributed by atoms with E-state index in [1.165, 1.54) is 0 Å². The minimum Gasteiger partial charge on any atom is -0.411 e. The van der Waals surface area contributed by atoms with Crippen molar-refractivity contribution in [2.45, 2.75) is 13.8 Å². The smallest absolute Gasteiger partial charge is 0.154 e. The molecule has 0 unspecified atom stereocenters. The molecule has 0 radical (unpaired) electrons. The van der Waals surface area contributed by atoms with Crippen molar-refractivity contribution in [1.29, 1.82) is 0 Å². The van der Waals surface area contributed by atoms with Crippen LogP contribution >= 0.6 is 0 Å². The minimum atomic E-state index is 0.467. The predicted octanol–water partition coefficient (Wildman–Crippen LogP) is 4.06. The van der Waals surface area contributed by atoms with Crippen molar-refractivity contribution in [2.24, 2.45) is 5.16 Å². The minimum absolute atomic E-state index is 0.467. The van der Waals surface area contributed by atoms with Crippen molar-refractivity contribution in [1.82, 2.24) is 19.7 Å². The Hall–Kier alpha value is -3.74. The van der Waals surface area contributed by atoms with Gasteiger partial charge in [0, 0.05) is 36.4 Å². The van der Waals surface area contributed by atoms with E-state index in [-0.39, 0.29) is 0 Å². The fraction of sp³-hybridized carbons (Fsp3) is 0.182. The van der Waals surface area contributed by atoms with Gasteiger partial charge in [-0.2, -0.15) is 5.10 Å². The maximum atomic E-state index is 9.09. The van der Waals surface area contributed by atoms with E-state index in [9.17, 15) is 0 Å². The summed E-state index contributed by atoms with van der Waals surface area (Å²) in [7, 11) is 4.01. The molecular weight excluding hydrogens is 364 g/mol. The maximum Gasteiger partial charge on any atom is 0.154 e. The molecule has 4 rings (SSSR count). The summed E-state index contributed by atoms with van der Waals surface area (Å²) in [6.07, 6.45) is 1.87. The highest BCUT2D eigenvalue weighted by Crippen LogP contribution is 2.33. The van der Waals surface area contributed by atoms with E-state index >= 15 is 0 Å². The van der Waals surface area contributed by atoms with Gasteiger partial charge in [0.05, 0.1) is 23.1 Å².